The first-order valence-electron chi connectivity index (χ1n) is 6.56. The second kappa shape index (κ2) is 6.00. The van der Waals surface area contributed by atoms with Crippen molar-refractivity contribution in [1.82, 2.24) is 9.88 Å². The third-order valence-corrected chi connectivity index (χ3v) is 3.48. The van der Waals surface area contributed by atoms with Crippen LogP contribution in [0.5, 0.6) is 0 Å². The predicted molar refractivity (Wildman–Crippen MR) is 67.3 cm³/mol. The molecule has 0 aliphatic carbocycles. The highest BCUT2D eigenvalue weighted by Gasteiger charge is 2.25. The molecule has 1 aromatic rings. The van der Waals surface area contributed by atoms with Crippen LogP contribution >= 0.6 is 0 Å². The summed E-state index contributed by atoms with van der Waals surface area (Å²) >= 11 is 0. The van der Waals surface area contributed by atoms with Gasteiger partial charge in [0, 0.05) is 18.4 Å². The lowest BCUT2D eigenvalue weighted by Crippen LogP contribution is -2.24. The van der Waals surface area contributed by atoms with Crippen molar-refractivity contribution in [2.24, 2.45) is 0 Å². The number of rotatable bonds is 5. The molecule has 0 spiro atoms. The van der Waals surface area contributed by atoms with Gasteiger partial charge in [0.25, 0.3) is 0 Å². The van der Waals surface area contributed by atoms with Crippen molar-refractivity contribution in [3.63, 3.8) is 0 Å². The average molecular weight is 218 g/mol. The Kier molecular flexibility index (Phi) is 4.34. The summed E-state index contributed by atoms with van der Waals surface area (Å²) in [4.78, 5) is 6.87. The molecule has 0 N–H and O–H groups in total. The largest absolute Gasteiger partial charge is 0.296 e. The van der Waals surface area contributed by atoms with Gasteiger partial charge >= 0.3 is 0 Å². The van der Waals surface area contributed by atoms with Gasteiger partial charge in [-0.25, -0.2) is 0 Å². The van der Waals surface area contributed by atoms with Gasteiger partial charge < -0.3 is 0 Å². The van der Waals surface area contributed by atoms with Crippen LogP contribution < -0.4 is 0 Å². The van der Waals surface area contributed by atoms with E-state index in [0.29, 0.717) is 6.04 Å². The first-order chi connectivity index (χ1) is 7.92. The monoisotopic (exact) mass is 218 g/mol. The maximum atomic E-state index is 4.23. The van der Waals surface area contributed by atoms with E-state index in [9.17, 15) is 0 Å². The molecule has 2 nitrogen and oxygen atoms in total. The molecule has 88 valence electrons. The molecule has 1 aromatic heterocycles. The molecule has 0 aromatic carbocycles. The van der Waals surface area contributed by atoms with Gasteiger partial charge in [-0.2, -0.15) is 0 Å². The molecule has 1 atom stereocenters. The summed E-state index contributed by atoms with van der Waals surface area (Å²) in [6.07, 6.45) is 10.5. The van der Waals surface area contributed by atoms with E-state index >= 15 is 0 Å². The van der Waals surface area contributed by atoms with Crippen LogP contribution in [0, 0.1) is 0 Å². The van der Waals surface area contributed by atoms with Gasteiger partial charge in [0.1, 0.15) is 0 Å². The second-order valence-electron chi connectivity index (χ2n) is 4.69. The normalized spacial score (nSPS) is 21.4. The highest BCUT2D eigenvalue weighted by atomic mass is 15.2. The third kappa shape index (κ3) is 2.82. The lowest BCUT2D eigenvalue weighted by atomic mass is 10.1. The Hall–Kier alpha value is -0.890. The van der Waals surface area contributed by atoms with Crippen LogP contribution in [-0.2, 0) is 0 Å². The van der Waals surface area contributed by atoms with Gasteiger partial charge in [0.2, 0.25) is 0 Å². The highest BCUT2D eigenvalue weighted by molar-refractivity contribution is 5.15. The Balaban J connectivity index is 1.93. The number of aromatic nitrogens is 1. The Labute approximate surface area is 98.7 Å². The number of unbranched alkanes of at least 4 members (excludes halogenated alkanes) is 2. The first-order valence-corrected chi connectivity index (χ1v) is 6.56. The van der Waals surface area contributed by atoms with Gasteiger partial charge in [-0.3, -0.25) is 9.88 Å². The summed E-state index contributed by atoms with van der Waals surface area (Å²) in [7, 11) is 0. The Morgan fingerprint density at radius 2 is 2.38 bits per heavy atom. The molecule has 0 saturated carbocycles. The molecule has 1 fully saturated rings. The van der Waals surface area contributed by atoms with Crippen molar-refractivity contribution in [3.05, 3.63) is 30.1 Å². The minimum Gasteiger partial charge on any atom is -0.296 e. The summed E-state index contributed by atoms with van der Waals surface area (Å²) < 4.78 is 0. The third-order valence-electron chi connectivity index (χ3n) is 3.48. The van der Waals surface area contributed by atoms with Crippen molar-refractivity contribution in [1.29, 1.82) is 0 Å². The van der Waals surface area contributed by atoms with Crippen LogP contribution in [0.3, 0.4) is 0 Å². The molecule has 1 saturated heterocycles. The topological polar surface area (TPSA) is 16.1 Å². The van der Waals surface area contributed by atoms with E-state index in [1.165, 1.54) is 50.8 Å². The molecule has 0 radical (unpaired) electrons. The number of nitrogens with zero attached hydrogens (tertiary/aromatic N) is 2. The van der Waals surface area contributed by atoms with Gasteiger partial charge in [0.05, 0.1) is 0 Å². The fourth-order valence-corrected chi connectivity index (χ4v) is 2.61. The predicted octanol–water partition coefficient (Wildman–Crippen LogP) is 3.41. The first kappa shape index (κ1) is 11.6. The van der Waals surface area contributed by atoms with Gasteiger partial charge in [0.15, 0.2) is 0 Å². The minimum absolute atomic E-state index is 0.630. The van der Waals surface area contributed by atoms with E-state index in [1.54, 1.807) is 0 Å². The Morgan fingerprint density at radius 1 is 1.44 bits per heavy atom. The summed E-state index contributed by atoms with van der Waals surface area (Å²) in [6, 6.07) is 4.90. The number of hydrogen-bond donors (Lipinski definition) is 0. The highest BCUT2D eigenvalue weighted by Crippen LogP contribution is 2.31. The van der Waals surface area contributed by atoms with Crippen molar-refractivity contribution in [3.8, 4) is 0 Å². The lowest BCUT2D eigenvalue weighted by Gasteiger charge is -2.24. The quantitative estimate of drug-likeness (QED) is 0.704. The van der Waals surface area contributed by atoms with E-state index in [0.717, 1.165) is 0 Å². The smallest absolute Gasteiger partial charge is 0.0363 e. The van der Waals surface area contributed by atoms with Crippen molar-refractivity contribution in [2.45, 2.75) is 45.1 Å². The van der Waals surface area contributed by atoms with Crippen molar-refractivity contribution in [2.75, 3.05) is 13.1 Å². The number of likely N-dealkylation sites (tertiary alicyclic amines) is 1. The summed E-state index contributed by atoms with van der Waals surface area (Å²) in [6.45, 7) is 4.79. The molecule has 1 unspecified atom stereocenters. The van der Waals surface area contributed by atoms with Crippen molar-refractivity contribution < 1.29 is 0 Å². The van der Waals surface area contributed by atoms with Crippen LogP contribution in [0.4, 0.5) is 0 Å². The van der Waals surface area contributed by atoms with Crippen molar-refractivity contribution >= 4 is 0 Å². The molecule has 0 bridgehead atoms. The molecule has 2 rings (SSSR count). The summed E-state index contributed by atoms with van der Waals surface area (Å²) in [5.41, 5.74) is 1.40. The second-order valence-corrected chi connectivity index (χ2v) is 4.69. The van der Waals surface area contributed by atoms with Crippen LogP contribution in [0.1, 0.15) is 50.6 Å². The number of pyridine rings is 1. The molecule has 2 heteroatoms. The molecular formula is C14H22N2. The van der Waals surface area contributed by atoms with Crippen LogP contribution in [0.15, 0.2) is 24.5 Å². The van der Waals surface area contributed by atoms with Gasteiger partial charge in [-0.05, 0) is 44.0 Å². The molecule has 2 heterocycles. The maximum Gasteiger partial charge on any atom is 0.0363 e. The molecule has 1 aliphatic rings. The zero-order valence-electron chi connectivity index (χ0n) is 10.2. The standard InChI is InChI=1S/C14H22N2/c1-2-3-4-10-16-11-6-8-14(16)13-7-5-9-15-12-13/h5,7,9,12,14H,2-4,6,8,10-11H2,1H3. The van der Waals surface area contributed by atoms with Gasteiger partial charge in [-0.15, -0.1) is 0 Å². The maximum absolute atomic E-state index is 4.23. The van der Waals surface area contributed by atoms with Crippen LogP contribution in [0.2, 0.25) is 0 Å². The van der Waals surface area contributed by atoms with E-state index in [1.807, 2.05) is 12.4 Å². The summed E-state index contributed by atoms with van der Waals surface area (Å²) in [5.74, 6) is 0. The fourth-order valence-electron chi connectivity index (χ4n) is 2.61. The lowest BCUT2D eigenvalue weighted by molar-refractivity contribution is 0.251. The van der Waals surface area contributed by atoms with E-state index in [4.69, 9.17) is 0 Å². The van der Waals surface area contributed by atoms with Crippen LogP contribution in [0.25, 0.3) is 0 Å². The van der Waals surface area contributed by atoms with Crippen LogP contribution in [-0.4, -0.2) is 23.0 Å². The van der Waals surface area contributed by atoms with E-state index in [-0.39, 0.29) is 0 Å². The molecule has 0 amide bonds. The minimum atomic E-state index is 0.630. The zero-order chi connectivity index (χ0) is 11.2. The number of hydrogen-bond acceptors (Lipinski definition) is 2. The molecule has 16 heavy (non-hydrogen) atoms. The van der Waals surface area contributed by atoms with Gasteiger partial charge in [-0.1, -0.05) is 25.8 Å². The Morgan fingerprint density at radius 3 is 3.12 bits per heavy atom. The molecule has 1 aliphatic heterocycles. The fraction of sp³-hybridized carbons (Fsp3) is 0.643. The molecular weight excluding hydrogens is 196 g/mol. The zero-order valence-corrected chi connectivity index (χ0v) is 10.2. The SMILES string of the molecule is CCCCCN1CCCC1c1cccnc1. The average Bonchev–Trinajstić information content (AvgIpc) is 2.79. The Bertz CT molecular complexity index is 297. The van der Waals surface area contributed by atoms with E-state index in [2.05, 4.69) is 28.9 Å². The van der Waals surface area contributed by atoms with E-state index < -0.39 is 0 Å². The summed E-state index contributed by atoms with van der Waals surface area (Å²) in [5, 5.41) is 0.